The van der Waals surface area contributed by atoms with Gasteiger partial charge in [0.25, 0.3) is 0 Å². The monoisotopic (exact) mass is 324 g/mol. The highest BCUT2D eigenvalue weighted by Crippen LogP contribution is 2.23. The van der Waals surface area contributed by atoms with Gasteiger partial charge in [-0.3, -0.25) is 4.79 Å². The van der Waals surface area contributed by atoms with Gasteiger partial charge in [0.1, 0.15) is 0 Å². The molecule has 2 aromatic carbocycles. The van der Waals surface area contributed by atoms with Gasteiger partial charge in [0.15, 0.2) is 0 Å². The Morgan fingerprint density at radius 1 is 0.917 bits per heavy atom. The minimum Gasteiger partial charge on any atom is -0.385 e. The van der Waals surface area contributed by atoms with Crippen molar-refractivity contribution >= 4 is 17.3 Å². The van der Waals surface area contributed by atoms with Crippen LogP contribution in [0.3, 0.4) is 0 Å². The van der Waals surface area contributed by atoms with Crippen LogP contribution in [0.1, 0.15) is 57.1 Å². The molecule has 3 nitrogen and oxygen atoms in total. The molecule has 0 aliphatic heterocycles. The van der Waals surface area contributed by atoms with Crippen molar-refractivity contribution in [3.05, 3.63) is 59.7 Å². The highest BCUT2D eigenvalue weighted by atomic mass is 16.1. The van der Waals surface area contributed by atoms with Gasteiger partial charge in [-0.15, -0.1) is 0 Å². The van der Waals surface area contributed by atoms with Crippen molar-refractivity contribution in [3.8, 4) is 0 Å². The summed E-state index contributed by atoms with van der Waals surface area (Å²) in [6.45, 7) is 9.25. The zero-order valence-corrected chi connectivity index (χ0v) is 15.1. The van der Waals surface area contributed by atoms with Crippen molar-refractivity contribution in [2.75, 3.05) is 17.2 Å². The lowest BCUT2D eigenvalue weighted by Gasteiger charge is -2.14. The fourth-order valence-corrected chi connectivity index (χ4v) is 2.63. The predicted octanol–water partition coefficient (Wildman–Crippen LogP) is 5.37. The molecule has 0 aliphatic rings. The van der Waals surface area contributed by atoms with Crippen molar-refractivity contribution in [1.29, 1.82) is 0 Å². The summed E-state index contributed by atoms with van der Waals surface area (Å²) >= 11 is 0. The fourth-order valence-electron chi connectivity index (χ4n) is 2.63. The Labute approximate surface area is 145 Å². The second kappa shape index (κ2) is 8.53. The molecule has 0 atom stereocenters. The highest BCUT2D eigenvalue weighted by Gasteiger charge is 2.09. The van der Waals surface area contributed by atoms with Crippen molar-refractivity contribution < 1.29 is 4.79 Å². The number of hydrogen-bond acceptors (Lipinski definition) is 2. The molecular formula is C21H28N2O. The number of para-hydroxylation sites is 1. The van der Waals surface area contributed by atoms with Gasteiger partial charge in [-0.1, -0.05) is 58.0 Å². The maximum atomic E-state index is 12.2. The Kier molecular flexibility index (Phi) is 6.42. The van der Waals surface area contributed by atoms with E-state index in [0.29, 0.717) is 24.8 Å². The van der Waals surface area contributed by atoms with Gasteiger partial charge < -0.3 is 10.6 Å². The van der Waals surface area contributed by atoms with E-state index in [2.05, 4.69) is 68.7 Å². The van der Waals surface area contributed by atoms with E-state index in [1.54, 1.807) is 0 Å². The molecule has 128 valence electrons. The normalized spacial score (nSPS) is 10.9. The molecule has 0 saturated heterocycles. The number of rotatable bonds is 7. The number of benzene rings is 2. The quantitative estimate of drug-likeness (QED) is 0.718. The molecule has 0 aliphatic carbocycles. The standard InChI is InChI=1S/C21H28N2O/c1-15(2)17-9-11-18(12-10-17)22-14-13-21(24)23-20-8-6-5-7-19(20)16(3)4/h5-12,15-16,22H,13-14H2,1-4H3,(H,23,24). The van der Waals surface area contributed by atoms with E-state index < -0.39 is 0 Å². The summed E-state index contributed by atoms with van der Waals surface area (Å²) in [7, 11) is 0. The smallest absolute Gasteiger partial charge is 0.226 e. The van der Waals surface area contributed by atoms with Gasteiger partial charge in [-0.25, -0.2) is 0 Å². The topological polar surface area (TPSA) is 41.1 Å². The first kappa shape index (κ1) is 18.1. The fraction of sp³-hybridized carbons (Fsp3) is 0.381. The molecule has 0 unspecified atom stereocenters. The minimum absolute atomic E-state index is 0.0365. The van der Waals surface area contributed by atoms with Crippen LogP contribution in [0.2, 0.25) is 0 Å². The molecule has 0 radical (unpaired) electrons. The molecule has 1 amide bonds. The van der Waals surface area contributed by atoms with Crippen molar-refractivity contribution in [1.82, 2.24) is 0 Å². The third-order valence-electron chi connectivity index (χ3n) is 4.12. The van der Waals surface area contributed by atoms with Crippen LogP contribution in [0.5, 0.6) is 0 Å². The second-order valence-corrected chi connectivity index (χ2v) is 6.74. The highest BCUT2D eigenvalue weighted by molar-refractivity contribution is 5.91. The molecule has 0 saturated carbocycles. The molecule has 0 bridgehead atoms. The number of hydrogen-bond donors (Lipinski definition) is 2. The second-order valence-electron chi connectivity index (χ2n) is 6.74. The molecule has 3 heteroatoms. The summed E-state index contributed by atoms with van der Waals surface area (Å²) in [5.74, 6) is 0.958. The lowest BCUT2D eigenvalue weighted by Crippen LogP contribution is -2.17. The summed E-state index contributed by atoms with van der Waals surface area (Å²) in [5, 5.41) is 6.33. The number of amides is 1. The predicted molar refractivity (Wildman–Crippen MR) is 103 cm³/mol. The Morgan fingerprint density at radius 3 is 2.21 bits per heavy atom. The summed E-state index contributed by atoms with van der Waals surface area (Å²) in [6.07, 6.45) is 0.443. The molecule has 0 aromatic heterocycles. The largest absolute Gasteiger partial charge is 0.385 e. The Morgan fingerprint density at radius 2 is 1.58 bits per heavy atom. The zero-order valence-electron chi connectivity index (χ0n) is 15.1. The number of carbonyl (C=O) groups excluding carboxylic acids is 1. The van der Waals surface area contributed by atoms with Gasteiger partial charge in [-0.05, 0) is 41.2 Å². The zero-order chi connectivity index (χ0) is 17.5. The van der Waals surface area contributed by atoms with Crippen LogP contribution < -0.4 is 10.6 Å². The van der Waals surface area contributed by atoms with Crippen LogP contribution in [0.4, 0.5) is 11.4 Å². The van der Waals surface area contributed by atoms with Gasteiger partial charge in [0, 0.05) is 24.3 Å². The average molecular weight is 324 g/mol. The summed E-state index contributed by atoms with van der Waals surface area (Å²) in [6, 6.07) is 16.4. The Bertz CT molecular complexity index is 660. The molecular weight excluding hydrogens is 296 g/mol. The van der Waals surface area contributed by atoms with Crippen LogP contribution in [-0.2, 0) is 4.79 Å². The molecule has 0 heterocycles. The van der Waals surface area contributed by atoms with Crippen LogP contribution >= 0.6 is 0 Å². The molecule has 0 spiro atoms. The number of carbonyl (C=O) groups is 1. The maximum Gasteiger partial charge on any atom is 0.226 e. The first-order chi connectivity index (χ1) is 11.5. The van der Waals surface area contributed by atoms with Crippen LogP contribution in [0.25, 0.3) is 0 Å². The van der Waals surface area contributed by atoms with Gasteiger partial charge in [-0.2, -0.15) is 0 Å². The van der Waals surface area contributed by atoms with Crippen molar-refractivity contribution in [2.45, 2.75) is 46.0 Å². The maximum absolute atomic E-state index is 12.2. The molecule has 0 fully saturated rings. The molecule has 2 rings (SSSR count). The lowest BCUT2D eigenvalue weighted by atomic mass is 10.0. The van der Waals surface area contributed by atoms with E-state index in [0.717, 1.165) is 11.4 Å². The first-order valence-electron chi connectivity index (χ1n) is 8.70. The van der Waals surface area contributed by atoms with Gasteiger partial charge in [0.05, 0.1) is 0 Å². The summed E-state index contributed by atoms with van der Waals surface area (Å²) < 4.78 is 0. The lowest BCUT2D eigenvalue weighted by molar-refractivity contribution is -0.115. The summed E-state index contributed by atoms with van der Waals surface area (Å²) in [5.41, 5.74) is 4.46. The van der Waals surface area contributed by atoms with Crippen LogP contribution in [-0.4, -0.2) is 12.5 Å². The average Bonchev–Trinajstić information content (AvgIpc) is 2.55. The molecule has 2 N–H and O–H groups in total. The van der Waals surface area contributed by atoms with Crippen LogP contribution in [0.15, 0.2) is 48.5 Å². The SMILES string of the molecule is CC(C)c1ccc(NCCC(=O)Nc2ccccc2C(C)C)cc1. The minimum atomic E-state index is 0.0365. The van der Waals surface area contributed by atoms with E-state index in [-0.39, 0.29) is 5.91 Å². The van der Waals surface area contributed by atoms with Crippen LogP contribution in [0, 0.1) is 0 Å². The number of nitrogens with one attached hydrogen (secondary N) is 2. The molecule has 2 aromatic rings. The molecule has 24 heavy (non-hydrogen) atoms. The van der Waals surface area contributed by atoms with E-state index >= 15 is 0 Å². The van der Waals surface area contributed by atoms with E-state index in [1.165, 1.54) is 11.1 Å². The van der Waals surface area contributed by atoms with Gasteiger partial charge in [0.2, 0.25) is 5.91 Å². The summed E-state index contributed by atoms with van der Waals surface area (Å²) in [4.78, 5) is 12.2. The van der Waals surface area contributed by atoms with Crippen molar-refractivity contribution in [2.24, 2.45) is 0 Å². The number of anilines is 2. The van der Waals surface area contributed by atoms with Crippen molar-refractivity contribution in [3.63, 3.8) is 0 Å². The van der Waals surface area contributed by atoms with Gasteiger partial charge >= 0.3 is 0 Å². The Balaban J connectivity index is 1.83. The first-order valence-corrected chi connectivity index (χ1v) is 8.70. The van der Waals surface area contributed by atoms with E-state index in [9.17, 15) is 4.79 Å². The van der Waals surface area contributed by atoms with E-state index in [1.807, 2.05) is 18.2 Å². The Hall–Kier alpha value is -2.29. The third kappa shape index (κ3) is 5.12. The van der Waals surface area contributed by atoms with E-state index in [4.69, 9.17) is 0 Å². The third-order valence-corrected chi connectivity index (χ3v) is 4.12.